The van der Waals surface area contributed by atoms with Crippen LogP contribution in [0.25, 0.3) is 0 Å². The topological polar surface area (TPSA) is 62.4 Å². The highest BCUT2D eigenvalue weighted by Gasteiger charge is 2.04. The van der Waals surface area contributed by atoms with Gasteiger partial charge >= 0.3 is 6.03 Å². The largest absolute Gasteiger partial charge is 0.493 e. The van der Waals surface area contributed by atoms with Gasteiger partial charge in [0.2, 0.25) is 0 Å². The third kappa shape index (κ3) is 6.28. The summed E-state index contributed by atoms with van der Waals surface area (Å²) in [4.78, 5) is 12.1. The Morgan fingerprint density at radius 1 is 0.793 bits per heavy atom. The predicted molar refractivity (Wildman–Crippen MR) is 119 cm³/mol. The molecule has 2 amide bonds. The first kappa shape index (κ1) is 20.3. The van der Waals surface area contributed by atoms with Crippen molar-refractivity contribution in [3.63, 3.8) is 0 Å². The van der Waals surface area contributed by atoms with Crippen LogP contribution in [-0.2, 0) is 0 Å². The van der Waals surface area contributed by atoms with Crippen molar-refractivity contribution in [1.29, 1.82) is 0 Å². The second kappa shape index (κ2) is 10.2. The fourth-order valence-corrected chi connectivity index (χ4v) is 2.98. The van der Waals surface area contributed by atoms with Gasteiger partial charge in [-0.15, -0.1) is 0 Å². The maximum Gasteiger partial charge on any atom is 0.319 e. The molecular weight excluding hydrogens is 362 g/mol. The summed E-state index contributed by atoms with van der Waals surface area (Å²) in [5.74, 6) is 0.932. The number of urea groups is 1. The molecule has 0 radical (unpaired) electrons. The highest BCUT2D eigenvalue weighted by atomic mass is 16.5. The number of anilines is 3. The average Bonchev–Trinajstić information content (AvgIpc) is 2.72. The van der Waals surface area contributed by atoms with Crippen LogP contribution < -0.4 is 20.7 Å². The summed E-state index contributed by atoms with van der Waals surface area (Å²) in [6, 6.07) is 23.4. The molecule has 0 aliphatic rings. The Morgan fingerprint density at radius 2 is 1.41 bits per heavy atom. The fourth-order valence-electron chi connectivity index (χ4n) is 2.98. The molecule has 0 saturated carbocycles. The Balaban J connectivity index is 1.37. The van der Waals surface area contributed by atoms with Crippen LogP contribution in [0.4, 0.5) is 21.9 Å². The third-order valence-electron chi connectivity index (χ3n) is 4.47. The van der Waals surface area contributed by atoms with Gasteiger partial charge in [-0.2, -0.15) is 0 Å². The van der Waals surface area contributed by atoms with Gasteiger partial charge in [-0.25, -0.2) is 4.79 Å². The Hall–Kier alpha value is -3.47. The van der Waals surface area contributed by atoms with Crippen LogP contribution in [0.5, 0.6) is 5.75 Å². The molecule has 0 fully saturated rings. The van der Waals surface area contributed by atoms with Crippen LogP contribution >= 0.6 is 0 Å². The summed E-state index contributed by atoms with van der Waals surface area (Å²) in [6.07, 6.45) is 0.737. The number of aryl methyl sites for hydroxylation is 2. The van der Waals surface area contributed by atoms with Crippen molar-refractivity contribution in [2.45, 2.75) is 20.3 Å². The van der Waals surface area contributed by atoms with E-state index in [1.165, 1.54) is 0 Å². The number of hydrogen-bond donors (Lipinski definition) is 3. The fraction of sp³-hybridized carbons (Fsp3) is 0.208. The zero-order valence-corrected chi connectivity index (χ0v) is 16.9. The van der Waals surface area contributed by atoms with Crippen LogP contribution in [0.15, 0.2) is 72.8 Å². The Kier molecular flexibility index (Phi) is 7.11. The van der Waals surface area contributed by atoms with E-state index in [-0.39, 0.29) is 6.03 Å². The Morgan fingerprint density at radius 3 is 2.10 bits per heavy atom. The molecule has 0 aromatic heterocycles. The first-order chi connectivity index (χ1) is 14.1. The van der Waals surface area contributed by atoms with Gasteiger partial charge in [-0.1, -0.05) is 36.4 Å². The van der Waals surface area contributed by atoms with E-state index >= 15 is 0 Å². The van der Waals surface area contributed by atoms with Crippen molar-refractivity contribution < 1.29 is 9.53 Å². The Bertz CT molecular complexity index is 904. The Labute approximate surface area is 172 Å². The van der Waals surface area contributed by atoms with Crippen molar-refractivity contribution in [3.05, 3.63) is 83.9 Å². The van der Waals surface area contributed by atoms with Gasteiger partial charge in [0.15, 0.2) is 0 Å². The average molecular weight is 389 g/mol. The molecule has 3 aromatic carbocycles. The number of nitrogens with one attached hydrogen (secondary N) is 3. The van der Waals surface area contributed by atoms with Gasteiger partial charge in [0.25, 0.3) is 0 Å². The molecule has 3 N–H and O–H groups in total. The van der Waals surface area contributed by atoms with Gasteiger partial charge < -0.3 is 20.7 Å². The standard InChI is InChI=1S/C24H27N3O2/c1-18-8-6-9-19(2)23(18)29-17-7-16-25-24(28)27-22-14-12-21(13-15-22)26-20-10-4-3-5-11-20/h3-6,8-15,26H,7,16-17H2,1-2H3,(H2,25,27,28). The molecule has 0 bridgehead atoms. The molecule has 0 heterocycles. The number of amides is 2. The predicted octanol–water partition coefficient (Wildman–Crippen LogP) is 5.64. The van der Waals surface area contributed by atoms with Crippen LogP contribution in [0.1, 0.15) is 17.5 Å². The van der Waals surface area contributed by atoms with Gasteiger partial charge in [0.1, 0.15) is 5.75 Å². The number of rotatable bonds is 8. The van der Waals surface area contributed by atoms with Crippen LogP contribution in [0.2, 0.25) is 0 Å². The minimum Gasteiger partial charge on any atom is -0.493 e. The molecule has 5 nitrogen and oxygen atoms in total. The summed E-state index contributed by atoms with van der Waals surface area (Å²) in [5, 5.41) is 9.01. The molecule has 3 aromatic rings. The zero-order valence-electron chi connectivity index (χ0n) is 16.9. The molecule has 0 saturated heterocycles. The summed E-state index contributed by atoms with van der Waals surface area (Å²) in [7, 11) is 0. The van der Waals surface area contributed by atoms with E-state index < -0.39 is 0 Å². The second-order valence-corrected chi connectivity index (χ2v) is 6.87. The number of carbonyl (C=O) groups excluding carboxylic acids is 1. The lowest BCUT2D eigenvalue weighted by molar-refractivity contribution is 0.250. The SMILES string of the molecule is Cc1cccc(C)c1OCCCNC(=O)Nc1ccc(Nc2ccccc2)cc1. The number of ether oxygens (including phenoxy) is 1. The summed E-state index contributed by atoms with van der Waals surface area (Å²) < 4.78 is 5.85. The molecule has 29 heavy (non-hydrogen) atoms. The quantitative estimate of drug-likeness (QED) is 0.437. The van der Waals surface area contributed by atoms with Crippen LogP contribution in [0, 0.1) is 13.8 Å². The van der Waals surface area contributed by atoms with Gasteiger partial charge in [-0.05, 0) is 67.8 Å². The van der Waals surface area contributed by atoms with Crippen LogP contribution in [0.3, 0.4) is 0 Å². The molecule has 0 spiro atoms. The van der Waals surface area contributed by atoms with Crippen molar-refractivity contribution in [2.75, 3.05) is 23.8 Å². The van der Waals surface area contributed by atoms with Gasteiger partial charge in [0, 0.05) is 23.6 Å². The monoisotopic (exact) mass is 389 g/mol. The lowest BCUT2D eigenvalue weighted by atomic mass is 10.1. The smallest absolute Gasteiger partial charge is 0.319 e. The molecular formula is C24H27N3O2. The molecule has 0 aliphatic heterocycles. The summed E-state index contributed by atoms with van der Waals surface area (Å²) in [6.45, 7) is 5.18. The van der Waals surface area contributed by atoms with E-state index in [1.54, 1.807) is 0 Å². The van der Waals surface area contributed by atoms with E-state index in [4.69, 9.17) is 4.74 Å². The highest BCUT2D eigenvalue weighted by molar-refractivity contribution is 5.89. The lowest BCUT2D eigenvalue weighted by Gasteiger charge is -2.12. The summed E-state index contributed by atoms with van der Waals surface area (Å²) >= 11 is 0. The van der Waals surface area contributed by atoms with Gasteiger partial charge in [-0.3, -0.25) is 0 Å². The van der Waals surface area contributed by atoms with E-state index in [0.717, 1.165) is 40.4 Å². The molecule has 0 aliphatic carbocycles. The third-order valence-corrected chi connectivity index (χ3v) is 4.47. The first-order valence-electron chi connectivity index (χ1n) is 9.78. The molecule has 3 rings (SSSR count). The summed E-state index contributed by atoms with van der Waals surface area (Å²) in [5.41, 5.74) is 4.98. The van der Waals surface area contributed by atoms with E-state index in [2.05, 4.69) is 16.0 Å². The van der Waals surface area contributed by atoms with Gasteiger partial charge in [0.05, 0.1) is 6.61 Å². The maximum absolute atomic E-state index is 12.1. The van der Waals surface area contributed by atoms with Crippen molar-refractivity contribution >= 4 is 23.1 Å². The van der Waals surface area contributed by atoms with E-state index in [9.17, 15) is 4.79 Å². The van der Waals surface area contributed by atoms with Crippen molar-refractivity contribution in [2.24, 2.45) is 0 Å². The van der Waals surface area contributed by atoms with Crippen molar-refractivity contribution in [3.8, 4) is 5.75 Å². The molecule has 150 valence electrons. The maximum atomic E-state index is 12.1. The molecule has 5 heteroatoms. The van der Waals surface area contributed by atoms with Crippen molar-refractivity contribution in [1.82, 2.24) is 5.32 Å². The number of para-hydroxylation sites is 2. The number of benzene rings is 3. The normalized spacial score (nSPS) is 10.3. The molecule has 0 unspecified atom stereocenters. The number of hydrogen-bond acceptors (Lipinski definition) is 3. The molecule has 0 atom stereocenters. The highest BCUT2D eigenvalue weighted by Crippen LogP contribution is 2.22. The first-order valence-corrected chi connectivity index (χ1v) is 9.78. The number of carbonyl (C=O) groups is 1. The second-order valence-electron chi connectivity index (χ2n) is 6.87. The zero-order chi connectivity index (χ0) is 20.5. The van der Waals surface area contributed by atoms with Crippen LogP contribution in [-0.4, -0.2) is 19.2 Å². The minimum absolute atomic E-state index is 0.221. The minimum atomic E-state index is -0.221. The lowest BCUT2D eigenvalue weighted by Crippen LogP contribution is -2.30. The van der Waals surface area contributed by atoms with E-state index in [1.807, 2.05) is 86.6 Å². The van der Waals surface area contributed by atoms with E-state index in [0.29, 0.717) is 13.2 Å².